The number of hydrogen-bond donors (Lipinski definition) is 1. The van der Waals surface area contributed by atoms with Crippen molar-refractivity contribution in [1.29, 1.82) is 0 Å². The van der Waals surface area contributed by atoms with Crippen LogP contribution in [0.25, 0.3) is 11.5 Å². The number of amides is 1. The van der Waals surface area contributed by atoms with Crippen LogP contribution in [0.4, 0.5) is 5.69 Å². The number of carbonyl (C=O) groups is 1. The first-order valence-corrected chi connectivity index (χ1v) is 13.6. The molecule has 35 heavy (non-hydrogen) atoms. The van der Waals surface area contributed by atoms with Gasteiger partial charge in [0, 0.05) is 16.3 Å². The number of rotatable bonds is 7. The van der Waals surface area contributed by atoms with Crippen LogP contribution in [0.1, 0.15) is 16.7 Å². The number of hydrogen-bond acceptors (Lipinski definition) is 6. The molecule has 0 aliphatic carbocycles. The van der Waals surface area contributed by atoms with Gasteiger partial charge in [-0.3, -0.25) is 4.79 Å². The average molecular weight is 527 g/mol. The van der Waals surface area contributed by atoms with Crippen LogP contribution in [-0.2, 0) is 14.6 Å². The fraction of sp³-hybridized carbons (Fsp3) is 0.154. The van der Waals surface area contributed by atoms with E-state index in [-0.39, 0.29) is 32.6 Å². The molecular formula is C26H23ClN2O4S2. The summed E-state index contributed by atoms with van der Waals surface area (Å²) in [7, 11) is -4.02. The number of carbonyl (C=O) groups excluding carboxylic acids is 1. The second kappa shape index (κ2) is 10.3. The molecule has 6 nitrogen and oxygen atoms in total. The van der Waals surface area contributed by atoms with Crippen LogP contribution < -0.4 is 5.32 Å². The molecule has 1 heterocycles. The zero-order valence-corrected chi connectivity index (χ0v) is 21.7. The Bertz CT molecular complexity index is 1460. The summed E-state index contributed by atoms with van der Waals surface area (Å²) in [6, 6.07) is 19.0. The Balaban J connectivity index is 1.64. The smallest absolute Gasteiger partial charge is 0.234 e. The van der Waals surface area contributed by atoms with Crippen molar-refractivity contribution in [2.45, 2.75) is 35.8 Å². The topological polar surface area (TPSA) is 89.3 Å². The number of benzene rings is 3. The fourth-order valence-corrected chi connectivity index (χ4v) is 5.93. The van der Waals surface area contributed by atoms with E-state index >= 15 is 0 Å². The highest BCUT2D eigenvalue weighted by atomic mass is 35.5. The Morgan fingerprint density at radius 1 is 0.943 bits per heavy atom. The summed E-state index contributed by atoms with van der Waals surface area (Å²) < 4.78 is 32.7. The molecule has 3 aromatic carbocycles. The fourth-order valence-electron chi connectivity index (χ4n) is 3.47. The molecule has 9 heteroatoms. The highest BCUT2D eigenvalue weighted by Crippen LogP contribution is 2.35. The van der Waals surface area contributed by atoms with Crippen molar-refractivity contribution in [3.63, 3.8) is 0 Å². The summed E-state index contributed by atoms with van der Waals surface area (Å²) in [6.07, 6.45) is 0. The van der Waals surface area contributed by atoms with E-state index in [1.54, 1.807) is 12.1 Å². The minimum absolute atomic E-state index is 0.0344. The van der Waals surface area contributed by atoms with Gasteiger partial charge in [0.05, 0.1) is 10.6 Å². The molecule has 4 aromatic rings. The summed E-state index contributed by atoms with van der Waals surface area (Å²) in [6.45, 7) is 5.85. The summed E-state index contributed by atoms with van der Waals surface area (Å²) in [5.74, 6) is -0.184. The molecule has 0 saturated carbocycles. The Morgan fingerprint density at radius 2 is 1.57 bits per heavy atom. The van der Waals surface area contributed by atoms with Gasteiger partial charge in [-0.25, -0.2) is 8.42 Å². The summed E-state index contributed by atoms with van der Waals surface area (Å²) >= 11 is 6.91. The Kier molecular flexibility index (Phi) is 7.35. The number of nitrogens with one attached hydrogen (secondary N) is 1. The SMILES string of the molecule is Cc1ccc(-c2nc(S(=O)(=O)c3ccc(Cl)cc3)c(SCC(=O)Nc3cc(C)cc(C)c3)o2)cc1. The molecule has 1 aromatic heterocycles. The zero-order valence-electron chi connectivity index (χ0n) is 19.3. The van der Waals surface area contributed by atoms with E-state index in [2.05, 4.69) is 10.3 Å². The molecule has 0 spiro atoms. The number of oxazole rings is 1. The average Bonchev–Trinajstić information content (AvgIpc) is 3.23. The maximum atomic E-state index is 13.4. The lowest BCUT2D eigenvalue weighted by Crippen LogP contribution is -2.14. The van der Waals surface area contributed by atoms with Gasteiger partial charge in [-0.1, -0.05) is 47.1 Å². The summed E-state index contributed by atoms with van der Waals surface area (Å²) in [4.78, 5) is 17.0. The Labute approximate surface area is 213 Å². The van der Waals surface area contributed by atoms with Gasteiger partial charge in [-0.05, 0) is 80.4 Å². The van der Waals surface area contributed by atoms with Crippen molar-refractivity contribution in [3.8, 4) is 11.5 Å². The summed E-state index contributed by atoms with van der Waals surface area (Å²) in [5, 5.41) is 3.08. The minimum Gasteiger partial charge on any atom is -0.428 e. The number of thioether (sulfide) groups is 1. The van der Waals surface area contributed by atoms with Gasteiger partial charge in [0.1, 0.15) is 0 Å². The van der Waals surface area contributed by atoms with Crippen LogP contribution in [0.15, 0.2) is 86.2 Å². The van der Waals surface area contributed by atoms with Gasteiger partial charge in [-0.2, -0.15) is 4.98 Å². The molecule has 0 unspecified atom stereocenters. The minimum atomic E-state index is -4.02. The summed E-state index contributed by atoms with van der Waals surface area (Å²) in [5.41, 5.74) is 4.42. The number of nitrogens with zero attached hydrogens (tertiary/aromatic N) is 1. The van der Waals surface area contributed by atoms with Crippen LogP contribution >= 0.6 is 23.4 Å². The molecule has 0 fully saturated rings. The predicted molar refractivity (Wildman–Crippen MR) is 139 cm³/mol. The third-order valence-electron chi connectivity index (χ3n) is 5.08. The Morgan fingerprint density at radius 3 is 2.20 bits per heavy atom. The quantitative estimate of drug-likeness (QED) is 0.277. The number of halogens is 1. The lowest BCUT2D eigenvalue weighted by Gasteiger charge is -2.07. The largest absolute Gasteiger partial charge is 0.428 e. The molecule has 4 rings (SSSR count). The molecule has 180 valence electrons. The van der Waals surface area contributed by atoms with Crippen LogP contribution in [0.5, 0.6) is 0 Å². The standard InChI is InChI=1S/C26H23ClN2O4S2/c1-16-4-6-19(7-5-16)24-29-25(35(31,32)22-10-8-20(27)9-11-22)26(33-24)34-15-23(30)28-21-13-17(2)12-18(3)14-21/h4-14H,15H2,1-3H3,(H,28,30). The van der Waals surface area contributed by atoms with Gasteiger partial charge in [0.25, 0.3) is 0 Å². The molecule has 1 N–H and O–H groups in total. The van der Waals surface area contributed by atoms with Crippen LogP contribution in [-0.4, -0.2) is 25.1 Å². The van der Waals surface area contributed by atoms with Crippen LogP contribution in [0.2, 0.25) is 5.02 Å². The van der Waals surface area contributed by atoms with E-state index in [0.29, 0.717) is 16.3 Å². The lowest BCUT2D eigenvalue weighted by molar-refractivity contribution is -0.113. The third-order valence-corrected chi connectivity index (χ3v) is 8.09. The first kappa shape index (κ1) is 25.0. The number of aryl methyl sites for hydroxylation is 3. The third kappa shape index (κ3) is 5.96. The van der Waals surface area contributed by atoms with Gasteiger partial charge in [0.2, 0.25) is 31.8 Å². The molecule has 0 saturated heterocycles. The lowest BCUT2D eigenvalue weighted by atomic mass is 10.1. The zero-order chi connectivity index (χ0) is 25.2. The van der Waals surface area contributed by atoms with Crippen molar-refractivity contribution in [3.05, 3.63) is 88.4 Å². The second-order valence-electron chi connectivity index (χ2n) is 8.15. The van der Waals surface area contributed by atoms with E-state index in [0.717, 1.165) is 28.5 Å². The van der Waals surface area contributed by atoms with Crippen molar-refractivity contribution in [2.24, 2.45) is 0 Å². The van der Waals surface area contributed by atoms with Crippen molar-refractivity contribution < 1.29 is 17.6 Å². The molecule has 0 aliphatic heterocycles. The maximum Gasteiger partial charge on any atom is 0.234 e. The normalized spacial score (nSPS) is 11.4. The first-order valence-electron chi connectivity index (χ1n) is 10.7. The van der Waals surface area contributed by atoms with E-state index in [1.165, 1.54) is 24.3 Å². The molecule has 0 radical (unpaired) electrons. The van der Waals surface area contributed by atoms with Crippen molar-refractivity contribution in [1.82, 2.24) is 4.98 Å². The Hall–Kier alpha value is -3.07. The monoisotopic (exact) mass is 526 g/mol. The molecule has 0 aliphatic rings. The second-order valence-corrected chi connectivity index (χ2v) is 11.4. The van der Waals surface area contributed by atoms with Gasteiger partial charge >= 0.3 is 0 Å². The van der Waals surface area contributed by atoms with Gasteiger partial charge in [0.15, 0.2) is 0 Å². The van der Waals surface area contributed by atoms with E-state index in [4.69, 9.17) is 16.0 Å². The van der Waals surface area contributed by atoms with Crippen molar-refractivity contribution in [2.75, 3.05) is 11.1 Å². The van der Waals surface area contributed by atoms with E-state index in [1.807, 2.05) is 51.1 Å². The van der Waals surface area contributed by atoms with Gasteiger partial charge < -0.3 is 9.73 Å². The highest BCUT2D eigenvalue weighted by molar-refractivity contribution is 8.00. The predicted octanol–water partition coefficient (Wildman–Crippen LogP) is 6.48. The molecule has 1 amide bonds. The molecule has 0 bridgehead atoms. The van der Waals surface area contributed by atoms with Gasteiger partial charge in [-0.15, -0.1) is 0 Å². The maximum absolute atomic E-state index is 13.4. The van der Waals surface area contributed by atoms with E-state index < -0.39 is 9.84 Å². The number of aromatic nitrogens is 1. The molecule has 0 atom stereocenters. The molecular weight excluding hydrogens is 504 g/mol. The van der Waals surface area contributed by atoms with Crippen LogP contribution in [0.3, 0.4) is 0 Å². The first-order chi connectivity index (χ1) is 16.6. The van der Waals surface area contributed by atoms with E-state index in [9.17, 15) is 13.2 Å². The number of anilines is 1. The van der Waals surface area contributed by atoms with Crippen molar-refractivity contribution >= 4 is 44.8 Å². The highest BCUT2D eigenvalue weighted by Gasteiger charge is 2.29. The van der Waals surface area contributed by atoms with Crippen LogP contribution in [0, 0.1) is 20.8 Å². The number of sulfone groups is 1.